The summed E-state index contributed by atoms with van der Waals surface area (Å²) in [5, 5.41) is 0. The van der Waals surface area contributed by atoms with Gasteiger partial charge in [-0.05, 0) is 36.2 Å². The van der Waals surface area contributed by atoms with Crippen LogP contribution in [0.5, 0.6) is 0 Å². The van der Waals surface area contributed by atoms with E-state index in [-0.39, 0.29) is 12.2 Å². The lowest BCUT2D eigenvalue weighted by Gasteiger charge is -2.10. The summed E-state index contributed by atoms with van der Waals surface area (Å²) in [7, 11) is -3.95. The summed E-state index contributed by atoms with van der Waals surface area (Å²) in [6.45, 7) is 1.96. The van der Waals surface area contributed by atoms with Crippen LogP contribution in [0.4, 0.5) is 10.1 Å². The number of anilines is 1. The van der Waals surface area contributed by atoms with Crippen LogP contribution in [0.3, 0.4) is 0 Å². The van der Waals surface area contributed by atoms with Gasteiger partial charge in [-0.3, -0.25) is 4.98 Å². The van der Waals surface area contributed by atoms with Crippen molar-refractivity contribution in [2.75, 3.05) is 5.73 Å². The summed E-state index contributed by atoms with van der Waals surface area (Å²) in [6.07, 6.45) is 2.33. The van der Waals surface area contributed by atoms with Gasteiger partial charge < -0.3 is 5.73 Å². The molecule has 7 heteroatoms. The zero-order valence-corrected chi connectivity index (χ0v) is 12.3. The molecule has 5 nitrogen and oxygen atoms in total. The Morgan fingerprint density at radius 2 is 2.10 bits per heavy atom. The predicted molar refractivity (Wildman–Crippen MR) is 78.5 cm³/mol. The third-order valence-electron chi connectivity index (χ3n) is 3.04. The van der Waals surface area contributed by atoms with Crippen LogP contribution in [0.1, 0.15) is 18.2 Å². The van der Waals surface area contributed by atoms with Crippen LogP contribution in [0.2, 0.25) is 0 Å². The number of hydrogen-bond acceptors (Lipinski definition) is 4. The first-order chi connectivity index (χ1) is 9.94. The van der Waals surface area contributed by atoms with Crippen LogP contribution in [0.25, 0.3) is 0 Å². The first kappa shape index (κ1) is 15.4. The van der Waals surface area contributed by atoms with Gasteiger partial charge in [0.2, 0.25) is 10.0 Å². The zero-order chi connectivity index (χ0) is 15.5. The summed E-state index contributed by atoms with van der Waals surface area (Å²) < 4.78 is 40.3. The maximum Gasteiger partial charge on any atom is 0.243 e. The van der Waals surface area contributed by atoms with Gasteiger partial charge in [-0.15, -0.1) is 0 Å². The number of nitrogens with one attached hydrogen (secondary N) is 1. The topological polar surface area (TPSA) is 85.1 Å². The highest BCUT2D eigenvalue weighted by Crippen LogP contribution is 2.17. The second-order valence-electron chi connectivity index (χ2n) is 4.48. The molecule has 21 heavy (non-hydrogen) atoms. The molecule has 2 aromatic rings. The second-order valence-corrected chi connectivity index (χ2v) is 6.21. The largest absolute Gasteiger partial charge is 0.399 e. The highest BCUT2D eigenvalue weighted by atomic mass is 32.2. The van der Waals surface area contributed by atoms with Crippen LogP contribution in [-0.4, -0.2) is 13.4 Å². The van der Waals surface area contributed by atoms with E-state index >= 15 is 0 Å². The quantitative estimate of drug-likeness (QED) is 0.825. The van der Waals surface area contributed by atoms with Crippen molar-refractivity contribution >= 4 is 15.7 Å². The number of halogens is 1. The molecule has 1 aromatic heterocycles. The molecule has 112 valence electrons. The van der Waals surface area contributed by atoms with Crippen molar-refractivity contribution in [2.45, 2.75) is 24.8 Å². The number of nitrogens with zero attached hydrogens (tertiary/aromatic N) is 1. The smallest absolute Gasteiger partial charge is 0.243 e. The van der Waals surface area contributed by atoms with Gasteiger partial charge in [-0.25, -0.2) is 17.5 Å². The van der Waals surface area contributed by atoms with Crippen molar-refractivity contribution in [3.05, 3.63) is 53.6 Å². The molecule has 0 aliphatic rings. The SMILES string of the molecule is CCc1cccnc1CNS(=O)(=O)c1ccc(N)cc1F. The average molecular weight is 309 g/mol. The highest BCUT2D eigenvalue weighted by Gasteiger charge is 2.19. The fourth-order valence-electron chi connectivity index (χ4n) is 1.93. The molecule has 0 saturated heterocycles. The molecule has 1 aromatic carbocycles. The van der Waals surface area contributed by atoms with Gasteiger partial charge in [-0.2, -0.15) is 0 Å². The Bertz CT molecular complexity index is 748. The number of rotatable bonds is 5. The Morgan fingerprint density at radius 1 is 1.33 bits per heavy atom. The standard InChI is InChI=1S/C14H16FN3O2S/c1-2-10-4-3-7-17-13(10)9-18-21(19,20)14-6-5-11(16)8-12(14)15/h3-8,18H,2,9,16H2,1H3. The van der Waals surface area contributed by atoms with E-state index in [0.29, 0.717) is 5.69 Å². The second kappa shape index (κ2) is 6.19. The summed E-state index contributed by atoms with van der Waals surface area (Å²) in [4.78, 5) is 3.72. The third kappa shape index (κ3) is 3.56. The minimum absolute atomic E-state index is 0.0101. The monoisotopic (exact) mass is 309 g/mol. The van der Waals surface area contributed by atoms with Crippen molar-refractivity contribution in [2.24, 2.45) is 0 Å². The van der Waals surface area contributed by atoms with Crippen molar-refractivity contribution in [3.8, 4) is 0 Å². The van der Waals surface area contributed by atoms with Gasteiger partial charge in [0.15, 0.2) is 0 Å². The first-order valence-electron chi connectivity index (χ1n) is 6.41. The summed E-state index contributed by atoms with van der Waals surface area (Å²) in [5.74, 6) is -0.876. The lowest BCUT2D eigenvalue weighted by molar-refractivity contribution is 0.556. The van der Waals surface area contributed by atoms with Gasteiger partial charge in [-0.1, -0.05) is 13.0 Å². The first-order valence-corrected chi connectivity index (χ1v) is 7.90. The lowest BCUT2D eigenvalue weighted by atomic mass is 10.1. The molecule has 0 bridgehead atoms. The Hall–Kier alpha value is -1.99. The van der Waals surface area contributed by atoms with Crippen molar-refractivity contribution in [1.82, 2.24) is 9.71 Å². The molecule has 2 rings (SSSR count). The fourth-order valence-corrected chi connectivity index (χ4v) is 2.97. The van der Waals surface area contributed by atoms with Gasteiger partial charge in [0, 0.05) is 11.9 Å². The number of sulfonamides is 1. The molecule has 0 fully saturated rings. The van der Waals surface area contributed by atoms with Crippen LogP contribution in [0.15, 0.2) is 41.4 Å². The number of nitrogen functional groups attached to an aromatic ring is 1. The van der Waals surface area contributed by atoms with E-state index in [9.17, 15) is 12.8 Å². The Morgan fingerprint density at radius 3 is 2.76 bits per heavy atom. The molecule has 0 aliphatic heterocycles. The normalized spacial score (nSPS) is 11.5. The van der Waals surface area contributed by atoms with Gasteiger partial charge in [0.25, 0.3) is 0 Å². The third-order valence-corrected chi connectivity index (χ3v) is 4.47. The van der Waals surface area contributed by atoms with Crippen molar-refractivity contribution < 1.29 is 12.8 Å². The van der Waals surface area contributed by atoms with Crippen molar-refractivity contribution in [1.29, 1.82) is 0 Å². The molecule has 1 heterocycles. The van der Waals surface area contributed by atoms with E-state index in [2.05, 4.69) is 9.71 Å². The average Bonchev–Trinajstić information content (AvgIpc) is 2.45. The van der Waals surface area contributed by atoms with E-state index in [1.165, 1.54) is 6.07 Å². The van der Waals surface area contributed by atoms with Gasteiger partial charge >= 0.3 is 0 Å². The number of aromatic nitrogens is 1. The van der Waals surface area contributed by atoms with Crippen molar-refractivity contribution in [3.63, 3.8) is 0 Å². The molecule has 3 N–H and O–H groups in total. The van der Waals surface area contributed by atoms with E-state index in [1.807, 2.05) is 13.0 Å². The highest BCUT2D eigenvalue weighted by molar-refractivity contribution is 7.89. The number of hydrogen-bond donors (Lipinski definition) is 2. The zero-order valence-electron chi connectivity index (χ0n) is 11.5. The van der Waals surface area contributed by atoms with Gasteiger partial charge in [0.1, 0.15) is 10.7 Å². The minimum Gasteiger partial charge on any atom is -0.399 e. The molecule has 0 unspecified atom stereocenters. The number of pyridine rings is 1. The molecular formula is C14H16FN3O2S. The minimum atomic E-state index is -3.95. The summed E-state index contributed by atoms with van der Waals surface area (Å²) >= 11 is 0. The molecule has 0 atom stereocenters. The molecule has 0 radical (unpaired) electrons. The van der Waals surface area contributed by atoms with Crippen LogP contribution >= 0.6 is 0 Å². The van der Waals surface area contributed by atoms with E-state index < -0.39 is 20.7 Å². The summed E-state index contributed by atoms with van der Waals surface area (Å²) in [5.41, 5.74) is 7.15. The van der Waals surface area contributed by atoms with E-state index in [0.717, 1.165) is 24.1 Å². The molecule has 0 spiro atoms. The fraction of sp³-hybridized carbons (Fsp3) is 0.214. The predicted octanol–water partition coefficient (Wildman–Crippen LogP) is 1.84. The molecule has 0 aliphatic carbocycles. The maximum absolute atomic E-state index is 13.7. The Balaban J connectivity index is 2.22. The molecule has 0 saturated carbocycles. The van der Waals surface area contributed by atoms with E-state index in [4.69, 9.17) is 5.73 Å². The Kier molecular flexibility index (Phi) is 4.54. The van der Waals surface area contributed by atoms with Crippen LogP contribution in [0, 0.1) is 5.82 Å². The van der Waals surface area contributed by atoms with Crippen LogP contribution in [-0.2, 0) is 23.0 Å². The lowest BCUT2D eigenvalue weighted by Crippen LogP contribution is -2.25. The van der Waals surface area contributed by atoms with Crippen LogP contribution < -0.4 is 10.5 Å². The number of benzene rings is 1. The Labute approximate surface area is 123 Å². The number of nitrogens with two attached hydrogens (primary N) is 1. The van der Waals surface area contributed by atoms with E-state index in [1.54, 1.807) is 12.3 Å². The number of aryl methyl sites for hydroxylation is 1. The van der Waals surface area contributed by atoms with Gasteiger partial charge in [0.05, 0.1) is 12.2 Å². The maximum atomic E-state index is 13.7. The molecule has 0 amide bonds. The molecular weight excluding hydrogens is 293 g/mol. The summed E-state index contributed by atoms with van der Waals surface area (Å²) in [6, 6.07) is 7.13.